The molecule has 2 aliphatic heterocycles. The van der Waals surface area contributed by atoms with Gasteiger partial charge in [-0.25, -0.2) is 4.79 Å². The standard InChI is InChI=1S/C4H5NO2.C3H4N2O2/c6-3-1-2-4(7)5-3;6-2-1-4-3(7)5-2/h1-2H2,(H,5,6,7);1H2,(H2,4,5,6,7). The molecule has 0 aliphatic carbocycles. The van der Waals surface area contributed by atoms with Gasteiger partial charge in [0.25, 0.3) is 0 Å². The number of hydrogen-bond donors (Lipinski definition) is 3. The van der Waals surface area contributed by atoms with Gasteiger partial charge < -0.3 is 5.32 Å². The largest absolute Gasteiger partial charge is 0.329 e. The van der Waals surface area contributed by atoms with Gasteiger partial charge >= 0.3 is 6.03 Å². The van der Waals surface area contributed by atoms with Crippen molar-refractivity contribution in [3.8, 4) is 0 Å². The number of amides is 5. The second kappa shape index (κ2) is 4.35. The number of nitrogens with one attached hydrogen (secondary N) is 3. The van der Waals surface area contributed by atoms with Crippen LogP contribution in [-0.2, 0) is 14.4 Å². The summed E-state index contributed by atoms with van der Waals surface area (Å²) in [4.78, 5) is 40.3. The van der Waals surface area contributed by atoms with Gasteiger partial charge in [0.15, 0.2) is 0 Å². The van der Waals surface area contributed by atoms with Crippen molar-refractivity contribution < 1.29 is 19.2 Å². The van der Waals surface area contributed by atoms with Crippen LogP contribution < -0.4 is 16.0 Å². The molecule has 7 nitrogen and oxygen atoms in total. The van der Waals surface area contributed by atoms with E-state index in [1.807, 2.05) is 5.32 Å². The Morgan fingerprint density at radius 3 is 1.50 bits per heavy atom. The lowest BCUT2D eigenvalue weighted by molar-refractivity contribution is -0.125. The molecule has 0 aromatic carbocycles. The summed E-state index contributed by atoms with van der Waals surface area (Å²) in [6, 6.07) is -0.398. The Labute approximate surface area is 79.2 Å². The van der Waals surface area contributed by atoms with E-state index in [9.17, 15) is 19.2 Å². The van der Waals surface area contributed by atoms with E-state index >= 15 is 0 Å². The maximum Gasteiger partial charge on any atom is 0.321 e. The van der Waals surface area contributed by atoms with E-state index in [4.69, 9.17) is 0 Å². The summed E-state index contributed by atoms with van der Waals surface area (Å²) in [5.41, 5.74) is 0. The monoisotopic (exact) mass is 199 g/mol. The van der Waals surface area contributed by atoms with E-state index < -0.39 is 6.03 Å². The topological polar surface area (TPSA) is 104 Å². The number of carbonyl (C=O) groups is 4. The second-order valence-electron chi connectivity index (χ2n) is 2.70. The third-order valence-corrected chi connectivity index (χ3v) is 1.52. The van der Waals surface area contributed by atoms with E-state index in [2.05, 4.69) is 10.6 Å². The van der Waals surface area contributed by atoms with Crippen LogP contribution in [0.25, 0.3) is 0 Å². The smallest absolute Gasteiger partial charge is 0.321 e. The number of hydrogen-bond acceptors (Lipinski definition) is 4. The maximum atomic E-state index is 10.1. The second-order valence-corrected chi connectivity index (χ2v) is 2.70. The van der Waals surface area contributed by atoms with Gasteiger partial charge in [-0.2, -0.15) is 0 Å². The van der Waals surface area contributed by atoms with Crippen molar-refractivity contribution in [1.29, 1.82) is 0 Å². The first-order valence-corrected chi connectivity index (χ1v) is 3.98. The highest BCUT2D eigenvalue weighted by molar-refractivity contribution is 6.02. The molecule has 3 N–H and O–H groups in total. The normalized spacial score (nSPS) is 19.4. The lowest BCUT2D eigenvalue weighted by Gasteiger charge is -1.79. The molecule has 2 heterocycles. The van der Waals surface area contributed by atoms with Crippen molar-refractivity contribution in [1.82, 2.24) is 16.0 Å². The SMILES string of the molecule is O=C1CCC(=O)N1.O=C1CNC(=O)N1. The Bertz CT molecular complexity index is 241. The summed E-state index contributed by atoms with van der Waals surface area (Å²) in [6.45, 7) is 0.124. The Morgan fingerprint density at radius 2 is 1.36 bits per heavy atom. The lowest BCUT2D eigenvalue weighted by atomic mass is 10.4. The minimum absolute atomic E-state index is 0.124. The first-order chi connectivity index (χ1) is 6.58. The number of urea groups is 1. The molecule has 76 valence electrons. The molecular formula is C7H9N3O4. The molecule has 7 heteroatoms. The van der Waals surface area contributed by atoms with E-state index in [1.165, 1.54) is 0 Å². The van der Waals surface area contributed by atoms with Crippen molar-refractivity contribution in [3.05, 3.63) is 0 Å². The number of imide groups is 2. The van der Waals surface area contributed by atoms with Crippen LogP contribution in [-0.4, -0.2) is 30.3 Å². The fraction of sp³-hybridized carbons (Fsp3) is 0.429. The quantitative estimate of drug-likeness (QED) is 0.318. The summed E-state index contributed by atoms with van der Waals surface area (Å²) in [7, 11) is 0. The average Bonchev–Trinajstić information content (AvgIpc) is 2.63. The maximum absolute atomic E-state index is 10.1. The first-order valence-electron chi connectivity index (χ1n) is 3.98. The van der Waals surface area contributed by atoms with Crippen LogP contribution in [0.2, 0.25) is 0 Å². The van der Waals surface area contributed by atoms with Crippen LogP contribution in [0.5, 0.6) is 0 Å². The van der Waals surface area contributed by atoms with Crippen molar-refractivity contribution >= 4 is 23.8 Å². The van der Waals surface area contributed by atoms with Gasteiger partial charge in [-0.3, -0.25) is 25.0 Å². The van der Waals surface area contributed by atoms with Gasteiger partial charge in [0.1, 0.15) is 0 Å². The van der Waals surface area contributed by atoms with Crippen molar-refractivity contribution in [2.45, 2.75) is 12.8 Å². The predicted octanol–water partition coefficient (Wildman–Crippen LogP) is -1.75. The Morgan fingerprint density at radius 1 is 0.786 bits per heavy atom. The Kier molecular flexibility index (Phi) is 3.16. The third-order valence-electron chi connectivity index (χ3n) is 1.52. The van der Waals surface area contributed by atoms with Crippen LogP contribution >= 0.6 is 0 Å². The lowest BCUT2D eigenvalue weighted by Crippen LogP contribution is -2.22. The summed E-state index contributed by atoms with van der Waals surface area (Å²) in [5.74, 6) is -0.556. The van der Waals surface area contributed by atoms with Gasteiger partial charge in [-0.15, -0.1) is 0 Å². The third kappa shape index (κ3) is 3.21. The molecular weight excluding hydrogens is 190 g/mol. The van der Waals surface area contributed by atoms with E-state index in [1.54, 1.807) is 0 Å². The van der Waals surface area contributed by atoms with E-state index in [0.29, 0.717) is 12.8 Å². The molecule has 14 heavy (non-hydrogen) atoms. The molecule has 5 amide bonds. The summed E-state index contributed by atoms with van der Waals surface area (Å²) >= 11 is 0. The zero-order chi connectivity index (χ0) is 10.6. The summed E-state index contributed by atoms with van der Waals surface area (Å²) in [6.07, 6.45) is 0.748. The number of carbonyl (C=O) groups excluding carboxylic acids is 4. The minimum Gasteiger partial charge on any atom is -0.329 e. The van der Waals surface area contributed by atoms with Crippen LogP contribution in [0.3, 0.4) is 0 Å². The van der Waals surface area contributed by atoms with Gasteiger partial charge in [0, 0.05) is 12.8 Å². The van der Waals surface area contributed by atoms with E-state index in [-0.39, 0.29) is 24.3 Å². The molecule has 0 radical (unpaired) electrons. The molecule has 2 saturated heterocycles. The highest BCUT2D eigenvalue weighted by Crippen LogP contribution is 1.95. The molecule has 0 spiro atoms. The minimum atomic E-state index is -0.398. The van der Waals surface area contributed by atoms with Crippen molar-refractivity contribution in [2.24, 2.45) is 0 Å². The van der Waals surface area contributed by atoms with Crippen LogP contribution in [0.4, 0.5) is 4.79 Å². The van der Waals surface area contributed by atoms with Crippen molar-refractivity contribution in [3.63, 3.8) is 0 Å². The van der Waals surface area contributed by atoms with Gasteiger partial charge in [-0.1, -0.05) is 0 Å². The van der Waals surface area contributed by atoms with Crippen LogP contribution in [0.15, 0.2) is 0 Å². The molecule has 0 saturated carbocycles. The molecule has 2 rings (SSSR count). The van der Waals surface area contributed by atoms with Gasteiger partial charge in [0.2, 0.25) is 17.7 Å². The molecule has 2 fully saturated rings. The fourth-order valence-corrected chi connectivity index (χ4v) is 0.883. The number of rotatable bonds is 0. The van der Waals surface area contributed by atoms with Crippen LogP contribution in [0.1, 0.15) is 12.8 Å². The van der Waals surface area contributed by atoms with Crippen LogP contribution in [0, 0.1) is 0 Å². The Hall–Kier alpha value is -1.92. The van der Waals surface area contributed by atoms with Gasteiger partial charge in [-0.05, 0) is 0 Å². The summed E-state index contributed by atoms with van der Waals surface area (Å²) in [5, 5.41) is 6.44. The molecule has 0 atom stereocenters. The highest BCUT2D eigenvalue weighted by atomic mass is 16.2. The highest BCUT2D eigenvalue weighted by Gasteiger charge is 2.15. The fourth-order valence-electron chi connectivity index (χ4n) is 0.883. The van der Waals surface area contributed by atoms with Crippen molar-refractivity contribution in [2.75, 3.05) is 6.54 Å². The molecule has 2 aliphatic rings. The zero-order valence-corrected chi connectivity index (χ0v) is 7.25. The molecule has 0 aromatic rings. The van der Waals surface area contributed by atoms with Gasteiger partial charge in [0.05, 0.1) is 6.54 Å². The zero-order valence-electron chi connectivity index (χ0n) is 7.25. The summed E-state index contributed by atoms with van der Waals surface area (Å²) < 4.78 is 0. The predicted molar refractivity (Wildman–Crippen MR) is 43.9 cm³/mol. The first kappa shape index (κ1) is 10.2. The molecule has 0 unspecified atom stereocenters. The average molecular weight is 199 g/mol. The Balaban J connectivity index is 0.000000140. The molecule has 0 aromatic heterocycles. The van der Waals surface area contributed by atoms with E-state index in [0.717, 1.165) is 0 Å². The molecule has 0 bridgehead atoms.